The van der Waals surface area contributed by atoms with Crippen molar-refractivity contribution in [3.05, 3.63) is 23.8 Å². The normalized spacial score (nSPS) is 48.9. The molecular formula is C25H32O7. The van der Waals surface area contributed by atoms with Crippen LogP contribution in [-0.2, 0) is 23.9 Å². The van der Waals surface area contributed by atoms with Crippen molar-refractivity contribution in [2.24, 2.45) is 39.9 Å². The molecule has 8 atom stereocenters. The molecule has 2 spiro atoms. The zero-order chi connectivity index (χ0) is 23.6. The Morgan fingerprint density at radius 2 is 1.91 bits per heavy atom. The summed E-state index contributed by atoms with van der Waals surface area (Å²) in [5.41, 5.74) is -2.84. The molecule has 6 aliphatic rings. The first kappa shape index (κ1) is 22.1. The van der Waals surface area contributed by atoms with Gasteiger partial charge in [0.25, 0.3) is 0 Å². The summed E-state index contributed by atoms with van der Waals surface area (Å²) in [5, 5.41) is 22.7. The summed E-state index contributed by atoms with van der Waals surface area (Å²) < 4.78 is 12.5. The van der Waals surface area contributed by atoms with E-state index in [-0.39, 0.29) is 35.6 Å². The summed E-state index contributed by atoms with van der Waals surface area (Å²) in [7, 11) is 0. The van der Waals surface area contributed by atoms with Gasteiger partial charge < -0.3 is 19.7 Å². The molecule has 4 aliphatic carbocycles. The third-order valence-corrected chi connectivity index (χ3v) is 9.28. The monoisotopic (exact) mass is 444 g/mol. The summed E-state index contributed by atoms with van der Waals surface area (Å²) in [6.45, 7) is 12.6. The van der Waals surface area contributed by atoms with Crippen molar-refractivity contribution in [2.45, 2.75) is 65.1 Å². The van der Waals surface area contributed by atoms with Crippen molar-refractivity contribution >= 4 is 17.9 Å². The van der Waals surface area contributed by atoms with Gasteiger partial charge in [-0.15, -0.1) is 0 Å². The molecule has 7 nitrogen and oxygen atoms in total. The van der Waals surface area contributed by atoms with Crippen LogP contribution in [0.15, 0.2) is 23.8 Å². The highest BCUT2D eigenvalue weighted by Crippen LogP contribution is 2.78. The maximum absolute atomic E-state index is 14.0. The molecular weight excluding hydrogens is 412 g/mol. The number of aldehydes is 1. The van der Waals surface area contributed by atoms with Crippen LogP contribution in [0, 0.1) is 39.9 Å². The standard InChI is InChI=1S/C25H32O7/c1-12-15-7-8-16-23-11-31-25(32-22(5,6)30,24(16,13(15)2)18(12)27)20(29)17(23)21(3,4)9-14(10-26)19(23)28/h9-10,13,15-17,20,29-30H,1,7-8,11H2,2-6H3/t13-,15+,16?,17-,20+,23+,24+,25+/m1/s1. The first-order valence-electron chi connectivity index (χ1n) is 11.4. The topological polar surface area (TPSA) is 110 Å². The lowest BCUT2D eigenvalue weighted by atomic mass is 9.35. The molecule has 1 unspecified atom stereocenters. The molecule has 2 aliphatic heterocycles. The first-order chi connectivity index (χ1) is 14.7. The number of aliphatic hydroxyl groups is 2. The van der Waals surface area contributed by atoms with Gasteiger partial charge >= 0.3 is 0 Å². The van der Waals surface area contributed by atoms with Crippen molar-refractivity contribution < 1.29 is 34.1 Å². The quantitative estimate of drug-likeness (QED) is 0.296. The Labute approximate surface area is 187 Å². The highest BCUT2D eigenvalue weighted by atomic mass is 16.8. The molecule has 0 aromatic carbocycles. The molecule has 0 radical (unpaired) electrons. The average molecular weight is 445 g/mol. The molecule has 4 bridgehead atoms. The van der Waals surface area contributed by atoms with Gasteiger partial charge in [-0.3, -0.25) is 14.4 Å². The molecule has 6 rings (SSSR count). The Morgan fingerprint density at radius 1 is 1.25 bits per heavy atom. The third-order valence-electron chi connectivity index (χ3n) is 9.28. The zero-order valence-corrected chi connectivity index (χ0v) is 19.3. The van der Waals surface area contributed by atoms with Crippen molar-refractivity contribution in [1.82, 2.24) is 0 Å². The number of fused-ring (bicyclic) bond motifs is 2. The van der Waals surface area contributed by atoms with Crippen LogP contribution in [0.4, 0.5) is 0 Å². The van der Waals surface area contributed by atoms with Crippen molar-refractivity contribution in [3.8, 4) is 0 Å². The number of hydrogen-bond acceptors (Lipinski definition) is 7. The molecule has 0 aromatic rings. The number of Topliss-reactive ketones (excluding diaryl/α,β-unsaturated/α-hetero) is 2. The average Bonchev–Trinajstić information content (AvgIpc) is 2.79. The number of hydrogen-bond donors (Lipinski definition) is 2. The Kier molecular flexibility index (Phi) is 4.19. The fourth-order valence-electron chi connectivity index (χ4n) is 8.59. The third kappa shape index (κ3) is 2.10. The summed E-state index contributed by atoms with van der Waals surface area (Å²) in [6.07, 6.45) is 2.06. The first-order valence-corrected chi connectivity index (χ1v) is 11.4. The number of ketones is 2. The second kappa shape index (κ2) is 6.06. The molecule has 174 valence electrons. The van der Waals surface area contributed by atoms with E-state index in [2.05, 4.69) is 6.58 Å². The highest BCUT2D eigenvalue weighted by molar-refractivity contribution is 6.16. The van der Waals surface area contributed by atoms with E-state index in [1.54, 1.807) is 6.08 Å². The van der Waals surface area contributed by atoms with Crippen LogP contribution in [0.25, 0.3) is 0 Å². The van der Waals surface area contributed by atoms with Crippen LogP contribution in [0.3, 0.4) is 0 Å². The van der Waals surface area contributed by atoms with E-state index < -0.39 is 45.8 Å². The summed E-state index contributed by atoms with van der Waals surface area (Å²) in [6, 6.07) is 0. The lowest BCUT2D eigenvalue weighted by Gasteiger charge is -2.74. The van der Waals surface area contributed by atoms with Gasteiger partial charge in [0.15, 0.2) is 23.6 Å². The predicted octanol–water partition coefficient (Wildman–Crippen LogP) is 1.96. The predicted molar refractivity (Wildman–Crippen MR) is 113 cm³/mol. The van der Waals surface area contributed by atoms with Gasteiger partial charge in [-0.2, -0.15) is 0 Å². The van der Waals surface area contributed by atoms with Gasteiger partial charge in [0.1, 0.15) is 6.10 Å². The smallest absolute Gasteiger partial charge is 0.211 e. The number of allylic oxidation sites excluding steroid dienone is 3. The Morgan fingerprint density at radius 3 is 2.50 bits per heavy atom. The second-order valence-corrected chi connectivity index (χ2v) is 11.6. The molecule has 3 saturated carbocycles. The van der Waals surface area contributed by atoms with Crippen molar-refractivity contribution in [3.63, 3.8) is 0 Å². The molecule has 0 aromatic heterocycles. The Hall–Kier alpha value is -1.67. The summed E-state index contributed by atoms with van der Waals surface area (Å²) in [4.78, 5) is 39.8. The lowest BCUT2D eigenvalue weighted by molar-refractivity contribution is -0.475. The van der Waals surface area contributed by atoms with E-state index in [0.717, 1.165) is 0 Å². The van der Waals surface area contributed by atoms with E-state index >= 15 is 0 Å². The molecule has 7 heteroatoms. The molecule has 0 amide bonds. The fraction of sp³-hybridized carbons (Fsp3) is 0.720. The van der Waals surface area contributed by atoms with E-state index in [4.69, 9.17) is 9.47 Å². The van der Waals surface area contributed by atoms with Gasteiger partial charge in [-0.25, -0.2) is 0 Å². The van der Waals surface area contributed by atoms with Crippen LogP contribution >= 0.6 is 0 Å². The molecule has 2 heterocycles. The van der Waals surface area contributed by atoms with Crippen molar-refractivity contribution in [2.75, 3.05) is 6.61 Å². The Balaban J connectivity index is 1.87. The van der Waals surface area contributed by atoms with E-state index in [0.29, 0.717) is 24.7 Å². The van der Waals surface area contributed by atoms with Gasteiger partial charge in [-0.1, -0.05) is 33.4 Å². The maximum Gasteiger partial charge on any atom is 0.211 e. The number of carbonyl (C=O) groups is 3. The van der Waals surface area contributed by atoms with Gasteiger partial charge in [0.05, 0.1) is 23.0 Å². The van der Waals surface area contributed by atoms with E-state index in [1.165, 1.54) is 13.8 Å². The van der Waals surface area contributed by atoms with Crippen LogP contribution in [-0.4, -0.2) is 52.4 Å². The maximum atomic E-state index is 14.0. The van der Waals surface area contributed by atoms with Crippen LogP contribution in [0.2, 0.25) is 0 Å². The Bertz CT molecular complexity index is 987. The van der Waals surface area contributed by atoms with Gasteiger partial charge in [0, 0.05) is 5.92 Å². The largest absolute Gasteiger partial charge is 0.387 e. The minimum atomic E-state index is -1.83. The zero-order valence-electron chi connectivity index (χ0n) is 19.3. The summed E-state index contributed by atoms with van der Waals surface area (Å²) >= 11 is 0. The minimum absolute atomic E-state index is 0.0639. The van der Waals surface area contributed by atoms with Gasteiger partial charge in [0.2, 0.25) is 5.79 Å². The molecule has 5 fully saturated rings. The minimum Gasteiger partial charge on any atom is -0.387 e. The van der Waals surface area contributed by atoms with E-state index in [9.17, 15) is 24.6 Å². The van der Waals surface area contributed by atoms with Crippen LogP contribution in [0.5, 0.6) is 0 Å². The van der Waals surface area contributed by atoms with Crippen LogP contribution < -0.4 is 0 Å². The van der Waals surface area contributed by atoms with Crippen molar-refractivity contribution in [1.29, 1.82) is 0 Å². The number of aliphatic hydroxyl groups excluding tert-OH is 1. The van der Waals surface area contributed by atoms with E-state index in [1.807, 2.05) is 20.8 Å². The second-order valence-electron chi connectivity index (χ2n) is 11.6. The SMILES string of the molecule is C=C1C(=O)[C@@]23C(CC[C@@H]1[C@H]2C)[C@@]12CO[C@]3(OC(C)(C)O)[C@@H](O)[C@@H]1C(C)(C)C=C(C=O)C2=O. The number of carbonyl (C=O) groups excluding carboxylic acids is 3. The van der Waals surface area contributed by atoms with Crippen LogP contribution in [0.1, 0.15) is 47.5 Å². The van der Waals surface area contributed by atoms with Gasteiger partial charge in [-0.05, 0) is 55.4 Å². The lowest BCUT2D eigenvalue weighted by Crippen LogP contribution is -2.85. The number of rotatable bonds is 3. The molecule has 2 saturated heterocycles. The number of ether oxygens (including phenoxy) is 2. The summed E-state index contributed by atoms with van der Waals surface area (Å²) in [5.74, 6) is -5.74. The molecule has 2 N–H and O–H groups in total. The molecule has 32 heavy (non-hydrogen) atoms. The fourth-order valence-corrected chi connectivity index (χ4v) is 8.59. The highest BCUT2D eigenvalue weighted by Gasteiger charge is 2.87.